The number of thiazole rings is 1. The highest BCUT2D eigenvalue weighted by Crippen LogP contribution is 2.33. The SMILES string of the molecule is N#Cc1ccc(Sc2nc3ccccc3s2)nc1. The van der Waals surface area contributed by atoms with Gasteiger partial charge in [0.25, 0.3) is 0 Å². The summed E-state index contributed by atoms with van der Waals surface area (Å²) in [5.74, 6) is 0. The molecule has 0 amide bonds. The highest BCUT2D eigenvalue weighted by molar-refractivity contribution is 8.01. The number of fused-ring (bicyclic) bond motifs is 1. The monoisotopic (exact) mass is 269 g/mol. The van der Waals surface area contributed by atoms with Crippen LogP contribution in [0.25, 0.3) is 10.2 Å². The van der Waals surface area contributed by atoms with Crippen molar-refractivity contribution < 1.29 is 0 Å². The molecule has 5 heteroatoms. The van der Waals surface area contributed by atoms with Crippen LogP contribution in [0.2, 0.25) is 0 Å². The Morgan fingerprint density at radius 2 is 2.06 bits per heavy atom. The first kappa shape index (κ1) is 11.2. The van der Waals surface area contributed by atoms with Gasteiger partial charge in [0.05, 0.1) is 15.8 Å². The van der Waals surface area contributed by atoms with E-state index in [9.17, 15) is 0 Å². The molecular weight excluding hydrogens is 262 g/mol. The van der Waals surface area contributed by atoms with Gasteiger partial charge in [0, 0.05) is 6.20 Å². The van der Waals surface area contributed by atoms with Gasteiger partial charge in [-0.15, -0.1) is 11.3 Å². The molecule has 0 radical (unpaired) electrons. The van der Waals surface area contributed by atoms with Crippen molar-refractivity contribution >= 4 is 33.3 Å². The molecule has 0 aliphatic carbocycles. The van der Waals surface area contributed by atoms with Crippen molar-refractivity contribution in [2.45, 2.75) is 9.37 Å². The summed E-state index contributed by atoms with van der Waals surface area (Å²) in [6.07, 6.45) is 1.58. The maximum atomic E-state index is 8.71. The van der Waals surface area contributed by atoms with Crippen LogP contribution in [-0.2, 0) is 0 Å². The van der Waals surface area contributed by atoms with Crippen LogP contribution in [0.15, 0.2) is 52.0 Å². The normalized spacial score (nSPS) is 10.4. The van der Waals surface area contributed by atoms with Crippen LogP contribution >= 0.6 is 23.1 Å². The molecule has 2 aromatic heterocycles. The van der Waals surface area contributed by atoms with Gasteiger partial charge in [0.2, 0.25) is 0 Å². The van der Waals surface area contributed by atoms with E-state index in [2.05, 4.69) is 22.1 Å². The Morgan fingerprint density at radius 3 is 2.78 bits per heavy atom. The minimum Gasteiger partial charge on any atom is -0.248 e. The zero-order valence-corrected chi connectivity index (χ0v) is 10.8. The number of hydrogen-bond acceptors (Lipinski definition) is 5. The Kier molecular flexibility index (Phi) is 2.97. The fourth-order valence-corrected chi connectivity index (χ4v) is 3.44. The molecule has 3 aromatic rings. The fourth-order valence-electron chi connectivity index (χ4n) is 1.49. The summed E-state index contributed by atoms with van der Waals surface area (Å²) in [4.78, 5) is 8.75. The molecule has 0 fully saturated rings. The molecule has 18 heavy (non-hydrogen) atoms. The van der Waals surface area contributed by atoms with Crippen LogP contribution in [0.3, 0.4) is 0 Å². The van der Waals surface area contributed by atoms with Crippen molar-refractivity contribution in [2.24, 2.45) is 0 Å². The van der Waals surface area contributed by atoms with E-state index in [1.807, 2.05) is 24.3 Å². The highest BCUT2D eigenvalue weighted by Gasteiger charge is 2.05. The van der Waals surface area contributed by atoms with E-state index in [1.165, 1.54) is 16.5 Å². The van der Waals surface area contributed by atoms with Crippen LogP contribution in [0, 0.1) is 11.3 Å². The summed E-state index contributed by atoms with van der Waals surface area (Å²) >= 11 is 3.17. The van der Waals surface area contributed by atoms with Crippen molar-refractivity contribution in [3.63, 3.8) is 0 Å². The summed E-state index contributed by atoms with van der Waals surface area (Å²) in [6, 6.07) is 13.7. The first-order valence-electron chi connectivity index (χ1n) is 5.25. The molecule has 0 bridgehead atoms. The van der Waals surface area contributed by atoms with Crippen LogP contribution in [0.1, 0.15) is 5.56 Å². The molecule has 1 aromatic carbocycles. The highest BCUT2D eigenvalue weighted by atomic mass is 32.2. The number of hydrogen-bond donors (Lipinski definition) is 0. The van der Waals surface area contributed by atoms with Gasteiger partial charge in [-0.3, -0.25) is 0 Å². The van der Waals surface area contributed by atoms with Gasteiger partial charge in [-0.2, -0.15) is 5.26 Å². The van der Waals surface area contributed by atoms with Crippen LogP contribution < -0.4 is 0 Å². The lowest BCUT2D eigenvalue weighted by Crippen LogP contribution is -1.81. The minimum absolute atomic E-state index is 0.573. The molecule has 0 unspecified atom stereocenters. The summed E-state index contributed by atoms with van der Waals surface area (Å²) in [6.45, 7) is 0. The number of pyridine rings is 1. The van der Waals surface area contributed by atoms with Gasteiger partial charge in [0.1, 0.15) is 11.1 Å². The molecule has 2 heterocycles. The third kappa shape index (κ3) is 2.21. The molecule has 3 nitrogen and oxygen atoms in total. The number of benzene rings is 1. The predicted octanol–water partition coefficient (Wildman–Crippen LogP) is 3.71. The summed E-state index contributed by atoms with van der Waals surface area (Å²) in [5.41, 5.74) is 1.59. The van der Waals surface area contributed by atoms with Crippen molar-refractivity contribution in [1.29, 1.82) is 5.26 Å². The van der Waals surface area contributed by atoms with Gasteiger partial charge >= 0.3 is 0 Å². The van der Waals surface area contributed by atoms with E-state index in [0.717, 1.165) is 14.9 Å². The van der Waals surface area contributed by atoms with Gasteiger partial charge < -0.3 is 0 Å². The number of nitrogens with zero attached hydrogens (tertiary/aromatic N) is 3. The predicted molar refractivity (Wildman–Crippen MR) is 72.7 cm³/mol. The van der Waals surface area contributed by atoms with Gasteiger partial charge in [0.15, 0.2) is 4.34 Å². The van der Waals surface area contributed by atoms with Crippen molar-refractivity contribution in [1.82, 2.24) is 9.97 Å². The van der Waals surface area contributed by atoms with E-state index in [1.54, 1.807) is 23.6 Å². The average molecular weight is 269 g/mol. The Balaban J connectivity index is 1.89. The second-order valence-electron chi connectivity index (χ2n) is 3.55. The maximum Gasteiger partial charge on any atom is 0.157 e. The van der Waals surface area contributed by atoms with Crippen molar-refractivity contribution in [3.8, 4) is 6.07 Å². The summed E-state index contributed by atoms with van der Waals surface area (Å²) in [5, 5.41) is 9.56. The molecule has 3 rings (SSSR count). The lowest BCUT2D eigenvalue weighted by atomic mass is 10.3. The third-order valence-electron chi connectivity index (χ3n) is 2.33. The standard InChI is InChI=1S/C13H7N3S2/c14-7-9-5-6-12(15-8-9)18-13-16-10-3-1-2-4-11(10)17-13/h1-6,8H. The molecule has 0 saturated heterocycles. The minimum atomic E-state index is 0.573. The molecule has 0 aliphatic rings. The maximum absolute atomic E-state index is 8.71. The summed E-state index contributed by atoms with van der Waals surface area (Å²) in [7, 11) is 0. The first-order valence-corrected chi connectivity index (χ1v) is 6.88. The van der Waals surface area contributed by atoms with Gasteiger partial charge in [-0.05, 0) is 36.0 Å². The zero-order valence-electron chi connectivity index (χ0n) is 9.20. The second kappa shape index (κ2) is 4.77. The second-order valence-corrected chi connectivity index (χ2v) is 5.84. The van der Waals surface area contributed by atoms with Crippen molar-refractivity contribution in [3.05, 3.63) is 48.2 Å². The van der Waals surface area contributed by atoms with Gasteiger partial charge in [-0.25, -0.2) is 9.97 Å². The number of rotatable bonds is 2. The molecule has 0 N–H and O–H groups in total. The smallest absolute Gasteiger partial charge is 0.157 e. The zero-order chi connectivity index (χ0) is 12.4. The number of aromatic nitrogens is 2. The largest absolute Gasteiger partial charge is 0.248 e. The van der Waals surface area contributed by atoms with E-state index in [0.29, 0.717) is 5.56 Å². The Hall–Kier alpha value is -1.90. The Labute approximate surface area is 112 Å². The summed E-state index contributed by atoms with van der Waals surface area (Å²) < 4.78 is 2.14. The molecule has 0 spiro atoms. The molecule has 86 valence electrons. The lowest BCUT2D eigenvalue weighted by molar-refractivity contribution is 1.12. The molecule has 0 atom stereocenters. The van der Waals surface area contributed by atoms with E-state index >= 15 is 0 Å². The average Bonchev–Trinajstić information content (AvgIpc) is 2.82. The third-order valence-corrected chi connectivity index (χ3v) is 4.38. The number of para-hydroxylation sites is 1. The number of nitriles is 1. The Bertz CT molecular complexity index is 693. The van der Waals surface area contributed by atoms with Crippen LogP contribution in [0.5, 0.6) is 0 Å². The molecule has 0 saturated carbocycles. The van der Waals surface area contributed by atoms with Crippen LogP contribution in [0.4, 0.5) is 0 Å². The van der Waals surface area contributed by atoms with E-state index < -0.39 is 0 Å². The molecular formula is C13H7N3S2. The Morgan fingerprint density at radius 1 is 1.17 bits per heavy atom. The fraction of sp³-hybridized carbons (Fsp3) is 0. The van der Waals surface area contributed by atoms with Crippen molar-refractivity contribution in [2.75, 3.05) is 0 Å². The van der Waals surface area contributed by atoms with Gasteiger partial charge in [-0.1, -0.05) is 12.1 Å². The van der Waals surface area contributed by atoms with Crippen LogP contribution in [-0.4, -0.2) is 9.97 Å². The topological polar surface area (TPSA) is 49.6 Å². The van der Waals surface area contributed by atoms with E-state index in [-0.39, 0.29) is 0 Å². The first-order chi connectivity index (χ1) is 8.85. The lowest BCUT2D eigenvalue weighted by Gasteiger charge is -1.95. The molecule has 0 aliphatic heterocycles. The van der Waals surface area contributed by atoms with E-state index in [4.69, 9.17) is 5.26 Å². The quantitative estimate of drug-likeness (QED) is 0.711.